The van der Waals surface area contributed by atoms with Crippen molar-refractivity contribution in [3.8, 4) is 6.07 Å². The van der Waals surface area contributed by atoms with Crippen LogP contribution < -0.4 is 10.6 Å². The summed E-state index contributed by atoms with van der Waals surface area (Å²) in [5, 5.41) is 10.6. The van der Waals surface area contributed by atoms with Gasteiger partial charge < -0.3 is 10.6 Å². The molecule has 0 heterocycles. The van der Waals surface area contributed by atoms with Crippen LogP contribution in [-0.2, 0) is 4.79 Å². The van der Waals surface area contributed by atoms with Gasteiger partial charge in [0, 0.05) is 29.4 Å². The molecular weight excluding hydrogens is 386 g/mol. The van der Waals surface area contributed by atoms with Gasteiger partial charge >= 0.3 is 0 Å². The highest BCUT2D eigenvalue weighted by Crippen LogP contribution is 2.17. The van der Waals surface area contributed by atoms with Crippen molar-refractivity contribution in [2.45, 2.75) is 0 Å². The molecule has 0 bridgehead atoms. The molecule has 0 aromatic heterocycles. The normalized spacial score (nSPS) is 10.9. The molecule has 0 aliphatic rings. The first-order valence-corrected chi connectivity index (χ1v) is 8.25. The van der Waals surface area contributed by atoms with E-state index in [0.29, 0.717) is 0 Å². The molecule has 1 aromatic rings. The van der Waals surface area contributed by atoms with Crippen molar-refractivity contribution in [1.29, 1.82) is 5.26 Å². The number of halogens is 2. The minimum atomic E-state index is -0.711. The van der Waals surface area contributed by atoms with Crippen LogP contribution in [0.2, 0.25) is 0 Å². The highest BCUT2D eigenvalue weighted by molar-refractivity contribution is 9.09. The highest BCUT2D eigenvalue weighted by atomic mass is 79.9. The highest BCUT2D eigenvalue weighted by Gasteiger charge is 2.06. The molecule has 0 fully saturated rings. The van der Waals surface area contributed by atoms with Crippen molar-refractivity contribution in [3.63, 3.8) is 0 Å². The number of carbonyl (C=O) groups is 1. The predicted octanol–water partition coefficient (Wildman–Crippen LogP) is 2.68. The Labute approximate surface area is 135 Å². The quantitative estimate of drug-likeness (QED) is 0.434. The fourth-order valence-electron chi connectivity index (χ4n) is 1.68. The Bertz CT molecular complexity index is 514. The first-order chi connectivity index (χ1) is 9.62. The Balaban J connectivity index is 2.93. The Hall–Kier alpha value is -1.32. The smallest absolute Gasteiger partial charge is 0.259 e. The first kappa shape index (κ1) is 16.7. The summed E-state index contributed by atoms with van der Waals surface area (Å²) in [5.74, 6) is -0.711. The van der Waals surface area contributed by atoms with Gasteiger partial charge in [0.05, 0.1) is 0 Å². The molecule has 6 heteroatoms. The maximum atomic E-state index is 11.0. The van der Waals surface area contributed by atoms with Gasteiger partial charge in [0.2, 0.25) is 0 Å². The Morgan fingerprint density at radius 3 is 2.20 bits per heavy atom. The zero-order valence-corrected chi connectivity index (χ0v) is 14.0. The van der Waals surface area contributed by atoms with Gasteiger partial charge in [0.1, 0.15) is 11.6 Å². The zero-order valence-electron chi connectivity index (χ0n) is 10.9. The molecule has 0 saturated heterocycles. The maximum Gasteiger partial charge on any atom is 0.259 e. The minimum absolute atomic E-state index is 0.0458. The lowest BCUT2D eigenvalue weighted by Gasteiger charge is -2.23. The lowest BCUT2D eigenvalue weighted by atomic mass is 10.1. The zero-order chi connectivity index (χ0) is 15.0. The molecule has 106 valence electrons. The van der Waals surface area contributed by atoms with Gasteiger partial charge in [0.25, 0.3) is 5.91 Å². The molecule has 2 N–H and O–H groups in total. The second-order valence-corrected chi connectivity index (χ2v) is 5.58. The number of nitriles is 1. The molecular formula is C14H15Br2N3O. The molecule has 1 rings (SSSR count). The van der Waals surface area contributed by atoms with Crippen molar-refractivity contribution in [1.82, 2.24) is 0 Å². The van der Waals surface area contributed by atoms with Crippen LogP contribution in [0, 0.1) is 11.3 Å². The first-order valence-electron chi connectivity index (χ1n) is 6.01. The van der Waals surface area contributed by atoms with Crippen LogP contribution in [0.4, 0.5) is 5.69 Å². The summed E-state index contributed by atoms with van der Waals surface area (Å²) < 4.78 is 0. The van der Waals surface area contributed by atoms with Crippen LogP contribution in [0.25, 0.3) is 6.08 Å². The van der Waals surface area contributed by atoms with Crippen molar-refractivity contribution in [3.05, 3.63) is 35.4 Å². The molecule has 0 aliphatic heterocycles. The molecule has 0 spiro atoms. The summed E-state index contributed by atoms with van der Waals surface area (Å²) in [6.07, 6.45) is 1.49. The average molecular weight is 401 g/mol. The number of anilines is 1. The molecule has 0 atom stereocenters. The van der Waals surface area contributed by atoms with Crippen molar-refractivity contribution < 1.29 is 4.79 Å². The molecule has 0 unspecified atom stereocenters. The van der Waals surface area contributed by atoms with Crippen molar-refractivity contribution in [2.75, 3.05) is 28.6 Å². The Morgan fingerprint density at radius 1 is 1.25 bits per heavy atom. The van der Waals surface area contributed by atoms with E-state index in [1.165, 1.54) is 6.08 Å². The summed E-state index contributed by atoms with van der Waals surface area (Å²) in [4.78, 5) is 13.2. The predicted molar refractivity (Wildman–Crippen MR) is 89.0 cm³/mol. The number of nitrogens with two attached hydrogens (primary N) is 1. The fraction of sp³-hybridized carbons (Fsp3) is 0.286. The van der Waals surface area contributed by atoms with E-state index in [1.807, 2.05) is 24.3 Å². The lowest BCUT2D eigenvalue weighted by Crippen LogP contribution is -2.27. The monoisotopic (exact) mass is 399 g/mol. The van der Waals surface area contributed by atoms with Crippen LogP contribution in [0.1, 0.15) is 5.56 Å². The van der Waals surface area contributed by atoms with Gasteiger partial charge in [-0.3, -0.25) is 4.79 Å². The molecule has 20 heavy (non-hydrogen) atoms. The van der Waals surface area contributed by atoms with Crippen LogP contribution in [-0.4, -0.2) is 29.7 Å². The van der Waals surface area contributed by atoms with Gasteiger partial charge in [-0.1, -0.05) is 44.0 Å². The van der Waals surface area contributed by atoms with E-state index in [1.54, 1.807) is 6.07 Å². The van der Waals surface area contributed by atoms with Crippen LogP contribution in [0.5, 0.6) is 0 Å². The lowest BCUT2D eigenvalue weighted by molar-refractivity contribution is -0.114. The number of hydrogen-bond acceptors (Lipinski definition) is 3. The number of benzene rings is 1. The largest absolute Gasteiger partial charge is 0.370 e. The number of rotatable bonds is 7. The summed E-state index contributed by atoms with van der Waals surface area (Å²) >= 11 is 6.87. The molecule has 0 radical (unpaired) electrons. The third kappa shape index (κ3) is 4.99. The Kier molecular flexibility index (Phi) is 7.34. The third-order valence-electron chi connectivity index (χ3n) is 2.66. The number of nitrogens with zero attached hydrogens (tertiary/aromatic N) is 2. The van der Waals surface area contributed by atoms with Gasteiger partial charge in [0.15, 0.2) is 0 Å². The minimum Gasteiger partial charge on any atom is -0.370 e. The number of alkyl halides is 2. The second kappa shape index (κ2) is 8.77. The van der Waals surface area contributed by atoms with Crippen molar-refractivity contribution >= 4 is 49.5 Å². The van der Waals surface area contributed by atoms with Gasteiger partial charge in [-0.25, -0.2) is 0 Å². The number of hydrogen-bond donors (Lipinski definition) is 1. The Morgan fingerprint density at radius 2 is 1.80 bits per heavy atom. The number of primary amides is 1. The summed E-state index contributed by atoms with van der Waals surface area (Å²) in [6, 6.07) is 9.45. The second-order valence-electron chi connectivity index (χ2n) is 3.99. The van der Waals surface area contributed by atoms with E-state index in [0.717, 1.165) is 35.0 Å². The molecule has 0 aliphatic carbocycles. The number of carbonyl (C=O) groups excluding carboxylic acids is 1. The molecule has 0 saturated carbocycles. The average Bonchev–Trinajstić information content (AvgIpc) is 2.45. The maximum absolute atomic E-state index is 11.0. The van der Waals surface area contributed by atoms with E-state index in [4.69, 9.17) is 11.0 Å². The van der Waals surface area contributed by atoms with E-state index < -0.39 is 5.91 Å². The summed E-state index contributed by atoms with van der Waals surface area (Å²) in [6.45, 7) is 1.82. The fourth-order valence-corrected chi connectivity index (χ4v) is 2.54. The van der Waals surface area contributed by atoms with E-state index in [-0.39, 0.29) is 5.57 Å². The van der Waals surface area contributed by atoms with Crippen LogP contribution in [0.3, 0.4) is 0 Å². The van der Waals surface area contributed by atoms with E-state index in [9.17, 15) is 4.79 Å². The van der Waals surface area contributed by atoms with Gasteiger partial charge in [-0.15, -0.1) is 0 Å². The van der Waals surface area contributed by atoms with Crippen LogP contribution >= 0.6 is 31.9 Å². The standard InChI is InChI=1S/C14H15Br2N3O/c15-5-7-19(8-6-16)13-3-1-11(2-4-13)9-12(10-17)14(18)20/h1-4,9H,5-8H2,(H2,18,20)/b12-9-. The topological polar surface area (TPSA) is 70.1 Å². The van der Waals surface area contributed by atoms with Crippen molar-refractivity contribution in [2.24, 2.45) is 5.73 Å². The summed E-state index contributed by atoms with van der Waals surface area (Å²) in [7, 11) is 0. The summed E-state index contributed by atoms with van der Waals surface area (Å²) in [5.41, 5.74) is 6.93. The van der Waals surface area contributed by atoms with Crippen LogP contribution in [0.15, 0.2) is 29.8 Å². The number of amides is 1. The van der Waals surface area contributed by atoms with E-state index >= 15 is 0 Å². The van der Waals surface area contributed by atoms with E-state index in [2.05, 4.69) is 36.8 Å². The SMILES string of the molecule is N#C/C(=C/c1ccc(N(CCBr)CCBr)cc1)C(N)=O. The molecule has 4 nitrogen and oxygen atoms in total. The third-order valence-corrected chi connectivity index (χ3v) is 3.37. The molecule has 1 aromatic carbocycles. The van der Waals surface area contributed by atoms with Gasteiger partial charge in [-0.05, 0) is 23.8 Å². The molecule has 1 amide bonds. The van der Waals surface area contributed by atoms with Gasteiger partial charge in [-0.2, -0.15) is 5.26 Å².